The monoisotopic (exact) mass is 436 g/mol. The van der Waals surface area contributed by atoms with Crippen molar-refractivity contribution in [2.45, 2.75) is 33.3 Å². The molecule has 0 saturated heterocycles. The third-order valence-electron chi connectivity index (χ3n) is 4.82. The fourth-order valence-electron chi connectivity index (χ4n) is 3.58. The molecule has 27 heavy (non-hydrogen) atoms. The summed E-state index contributed by atoms with van der Waals surface area (Å²) < 4.78 is 17.1. The van der Waals surface area contributed by atoms with E-state index in [9.17, 15) is 14.4 Å². The van der Waals surface area contributed by atoms with Gasteiger partial charge in [-0.25, -0.2) is 4.79 Å². The molecule has 2 aliphatic rings. The lowest BCUT2D eigenvalue weighted by molar-refractivity contribution is -0.153. The molecule has 7 heteroatoms. The summed E-state index contributed by atoms with van der Waals surface area (Å²) in [7, 11) is 0. The maximum atomic E-state index is 13.3. The number of hydrogen-bond acceptors (Lipinski definition) is 6. The summed E-state index contributed by atoms with van der Waals surface area (Å²) in [6.07, 6.45) is 1.44. The second-order valence-corrected chi connectivity index (χ2v) is 7.34. The first-order chi connectivity index (χ1) is 12.9. The lowest BCUT2D eigenvalue weighted by Gasteiger charge is -2.39. The van der Waals surface area contributed by atoms with E-state index in [1.54, 1.807) is 32.1 Å². The zero-order chi connectivity index (χ0) is 19.7. The van der Waals surface area contributed by atoms with Crippen LogP contribution >= 0.6 is 15.9 Å². The minimum atomic E-state index is -1.04. The summed E-state index contributed by atoms with van der Waals surface area (Å²) in [6.45, 7) is 5.61. The molecule has 1 heterocycles. The normalized spacial score (nSPS) is 23.5. The molecule has 1 aromatic rings. The molecule has 6 nitrogen and oxygen atoms in total. The molecule has 0 bridgehead atoms. The van der Waals surface area contributed by atoms with Crippen LogP contribution in [0.1, 0.15) is 36.2 Å². The van der Waals surface area contributed by atoms with Gasteiger partial charge in [0.2, 0.25) is 0 Å². The summed E-state index contributed by atoms with van der Waals surface area (Å²) in [4.78, 5) is 38.3. The van der Waals surface area contributed by atoms with E-state index in [0.717, 1.165) is 10.0 Å². The molecule has 0 amide bonds. The van der Waals surface area contributed by atoms with Crippen molar-refractivity contribution in [3.05, 3.63) is 39.4 Å². The number of fused-ring (bicyclic) bond motifs is 2. The maximum absolute atomic E-state index is 13.3. The van der Waals surface area contributed by atoms with Gasteiger partial charge in [0.25, 0.3) is 0 Å². The molecule has 0 fully saturated rings. The SMILES string of the molecule is CCOC(=O)C1=CC[C@H]2Oc3cc(C)c(Br)cc3C(=O)[C@@H]2[C@@H]1C(=O)OCC. The van der Waals surface area contributed by atoms with E-state index in [1.807, 2.05) is 6.92 Å². The average molecular weight is 437 g/mol. The molecule has 0 unspecified atom stereocenters. The molecular formula is C20H21BrO6. The Morgan fingerprint density at radius 2 is 1.93 bits per heavy atom. The van der Waals surface area contributed by atoms with Crippen LogP contribution in [0.15, 0.2) is 28.3 Å². The average Bonchev–Trinajstić information content (AvgIpc) is 2.63. The molecule has 1 aromatic carbocycles. The van der Waals surface area contributed by atoms with Gasteiger partial charge in [0, 0.05) is 16.5 Å². The van der Waals surface area contributed by atoms with Gasteiger partial charge in [-0.1, -0.05) is 22.0 Å². The Bertz CT molecular complexity index is 828. The highest BCUT2D eigenvalue weighted by Gasteiger charge is 2.50. The number of ether oxygens (including phenoxy) is 3. The Morgan fingerprint density at radius 3 is 2.59 bits per heavy atom. The van der Waals surface area contributed by atoms with Crippen molar-refractivity contribution in [1.29, 1.82) is 0 Å². The van der Waals surface area contributed by atoms with E-state index in [1.165, 1.54) is 0 Å². The Kier molecular flexibility index (Phi) is 5.69. The maximum Gasteiger partial charge on any atom is 0.334 e. The van der Waals surface area contributed by atoms with E-state index >= 15 is 0 Å². The Hall–Kier alpha value is -2.15. The molecule has 144 valence electrons. The van der Waals surface area contributed by atoms with Gasteiger partial charge in [-0.3, -0.25) is 9.59 Å². The highest BCUT2D eigenvalue weighted by molar-refractivity contribution is 9.10. The number of rotatable bonds is 4. The fraction of sp³-hybridized carbons (Fsp3) is 0.450. The molecule has 3 atom stereocenters. The van der Waals surface area contributed by atoms with Crippen molar-refractivity contribution in [1.82, 2.24) is 0 Å². The van der Waals surface area contributed by atoms with Crippen LogP contribution in [-0.4, -0.2) is 37.0 Å². The number of carbonyl (C=O) groups is 3. The predicted octanol–water partition coefficient (Wildman–Crippen LogP) is 3.39. The van der Waals surface area contributed by atoms with E-state index in [2.05, 4.69) is 15.9 Å². The summed E-state index contributed by atoms with van der Waals surface area (Å²) >= 11 is 3.43. The number of benzene rings is 1. The standard InChI is InChI=1S/C20H21BrO6/c1-4-25-19(23)11-6-7-14-17(16(11)20(24)26-5-2)18(22)12-9-13(21)10(3)8-15(12)27-14/h6,8-9,14,16-17H,4-5,7H2,1-3H3/t14-,16-,17+/m1/s1. The van der Waals surface area contributed by atoms with Crippen LogP contribution in [0.25, 0.3) is 0 Å². The fourth-order valence-corrected chi connectivity index (χ4v) is 3.93. The summed E-state index contributed by atoms with van der Waals surface area (Å²) in [6, 6.07) is 3.51. The second-order valence-electron chi connectivity index (χ2n) is 6.49. The van der Waals surface area contributed by atoms with Gasteiger partial charge in [0.1, 0.15) is 17.8 Å². The molecule has 0 spiro atoms. The Labute approximate surface area is 166 Å². The summed E-state index contributed by atoms with van der Waals surface area (Å²) in [5.41, 5.74) is 1.51. The molecular weight excluding hydrogens is 416 g/mol. The van der Waals surface area contributed by atoms with Gasteiger partial charge in [0.05, 0.1) is 24.7 Å². The summed E-state index contributed by atoms with van der Waals surface area (Å²) in [5, 5.41) is 0. The van der Waals surface area contributed by atoms with Crippen molar-refractivity contribution < 1.29 is 28.6 Å². The molecule has 0 saturated carbocycles. The number of ketones is 1. The molecule has 1 aliphatic heterocycles. The number of Topliss-reactive ketones (excluding diaryl/α,β-unsaturated/α-hetero) is 1. The molecule has 0 N–H and O–H groups in total. The van der Waals surface area contributed by atoms with Crippen LogP contribution in [0.2, 0.25) is 0 Å². The lowest BCUT2D eigenvalue weighted by Crippen LogP contribution is -2.49. The third kappa shape index (κ3) is 3.52. The van der Waals surface area contributed by atoms with Crippen molar-refractivity contribution in [2.75, 3.05) is 13.2 Å². The van der Waals surface area contributed by atoms with Crippen molar-refractivity contribution in [3.8, 4) is 5.75 Å². The minimum absolute atomic E-state index is 0.152. The van der Waals surface area contributed by atoms with E-state index in [-0.39, 0.29) is 24.6 Å². The van der Waals surface area contributed by atoms with Crippen LogP contribution in [0.3, 0.4) is 0 Å². The van der Waals surface area contributed by atoms with Gasteiger partial charge < -0.3 is 14.2 Å². The zero-order valence-electron chi connectivity index (χ0n) is 15.4. The van der Waals surface area contributed by atoms with Crippen molar-refractivity contribution in [3.63, 3.8) is 0 Å². The van der Waals surface area contributed by atoms with Crippen molar-refractivity contribution in [2.24, 2.45) is 11.8 Å². The van der Waals surface area contributed by atoms with E-state index < -0.39 is 29.9 Å². The molecule has 1 aliphatic carbocycles. The smallest absolute Gasteiger partial charge is 0.334 e. The Morgan fingerprint density at radius 1 is 1.22 bits per heavy atom. The molecule has 0 radical (unpaired) electrons. The molecule has 3 rings (SSSR count). The highest BCUT2D eigenvalue weighted by Crippen LogP contribution is 2.43. The van der Waals surface area contributed by atoms with Crippen LogP contribution in [0.5, 0.6) is 5.75 Å². The number of halogens is 1. The quantitative estimate of drug-likeness (QED) is 0.672. The highest BCUT2D eigenvalue weighted by atomic mass is 79.9. The molecule has 0 aromatic heterocycles. The van der Waals surface area contributed by atoms with Crippen LogP contribution < -0.4 is 4.74 Å². The number of carbonyl (C=O) groups excluding carboxylic acids is 3. The third-order valence-corrected chi connectivity index (χ3v) is 5.68. The predicted molar refractivity (Wildman–Crippen MR) is 101 cm³/mol. The van der Waals surface area contributed by atoms with Gasteiger partial charge in [-0.15, -0.1) is 0 Å². The number of esters is 2. The van der Waals surface area contributed by atoms with E-state index in [4.69, 9.17) is 14.2 Å². The van der Waals surface area contributed by atoms with Gasteiger partial charge in [-0.05, 0) is 38.5 Å². The minimum Gasteiger partial charge on any atom is -0.489 e. The van der Waals surface area contributed by atoms with Crippen LogP contribution in [0.4, 0.5) is 0 Å². The van der Waals surface area contributed by atoms with Gasteiger partial charge >= 0.3 is 11.9 Å². The topological polar surface area (TPSA) is 78.9 Å². The van der Waals surface area contributed by atoms with Crippen molar-refractivity contribution >= 4 is 33.7 Å². The number of aryl methyl sites for hydroxylation is 1. The van der Waals surface area contributed by atoms with Crippen LogP contribution in [-0.2, 0) is 19.1 Å². The van der Waals surface area contributed by atoms with Crippen LogP contribution in [0, 0.1) is 18.8 Å². The first-order valence-corrected chi connectivity index (χ1v) is 9.73. The van der Waals surface area contributed by atoms with E-state index in [0.29, 0.717) is 17.7 Å². The lowest BCUT2D eigenvalue weighted by atomic mass is 9.71. The zero-order valence-corrected chi connectivity index (χ0v) is 17.0. The first kappa shape index (κ1) is 19.6. The first-order valence-electron chi connectivity index (χ1n) is 8.93. The van der Waals surface area contributed by atoms with Gasteiger partial charge in [-0.2, -0.15) is 0 Å². The second kappa shape index (κ2) is 7.84. The van der Waals surface area contributed by atoms with Gasteiger partial charge in [0.15, 0.2) is 5.78 Å². The summed E-state index contributed by atoms with van der Waals surface area (Å²) in [5.74, 6) is -2.80. The number of hydrogen-bond donors (Lipinski definition) is 0. The largest absolute Gasteiger partial charge is 0.489 e. The Balaban J connectivity index is 2.05.